The van der Waals surface area contributed by atoms with Gasteiger partial charge >= 0.3 is 5.97 Å². The van der Waals surface area contributed by atoms with E-state index in [4.69, 9.17) is 20.3 Å². The van der Waals surface area contributed by atoms with E-state index in [1.54, 1.807) is 19.2 Å². The minimum atomic E-state index is -0.924. The first-order valence-corrected chi connectivity index (χ1v) is 5.19. The highest BCUT2D eigenvalue weighted by atomic mass is 16.5. The number of aryl methyl sites for hydroxylation is 1. The third-order valence-corrected chi connectivity index (χ3v) is 2.57. The zero-order valence-corrected chi connectivity index (χ0v) is 10.2. The van der Waals surface area contributed by atoms with Crippen molar-refractivity contribution in [2.45, 2.75) is 19.4 Å². The lowest BCUT2D eigenvalue weighted by Gasteiger charge is -2.16. The maximum atomic E-state index is 10.6. The van der Waals surface area contributed by atoms with Crippen LogP contribution in [-0.4, -0.2) is 25.3 Å². The molecule has 94 valence electrons. The molecule has 0 spiro atoms. The highest BCUT2D eigenvalue weighted by molar-refractivity contribution is 5.68. The molecule has 0 saturated carbocycles. The van der Waals surface area contributed by atoms with Gasteiger partial charge in [-0.3, -0.25) is 4.79 Å². The van der Waals surface area contributed by atoms with E-state index in [1.165, 1.54) is 7.11 Å². The summed E-state index contributed by atoms with van der Waals surface area (Å²) >= 11 is 0. The van der Waals surface area contributed by atoms with Gasteiger partial charge in [0.25, 0.3) is 0 Å². The molecule has 0 aliphatic rings. The predicted octanol–water partition coefficient (Wildman–Crippen LogP) is 1.49. The zero-order valence-electron chi connectivity index (χ0n) is 10.2. The molecule has 0 saturated heterocycles. The van der Waals surface area contributed by atoms with E-state index in [2.05, 4.69) is 0 Å². The number of hydrogen-bond donors (Lipinski definition) is 2. The molecule has 1 unspecified atom stereocenters. The van der Waals surface area contributed by atoms with Gasteiger partial charge in [0.2, 0.25) is 0 Å². The smallest absolute Gasteiger partial charge is 0.305 e. The summed E-state index contributed by atoms with van der Waals surface area (Å²) in [7, 11) is 3.08. The Hall–Kier alpha value is -1.75. The minimum Gasteiger partial charge on any atom is -0.493 e. The fraction of sp³-hybridized carbons (Fsp3) is 0.417. The molecule has 0 aliphatic carbocycles. The van der Waals surface area contributed by atoms with Crippen molar-refractivity contribution >= 4 is 5.97 Å². The van der Waals surface area contributed by atoms with Crippen LogP contribution in [0.25, 0.3) is 0 Å². The van der Waals surface area contributed by atoms with Gasteiger partial charge in [0.15, 0.2) is 11.5 Å². The van der Waals surface area contributed by atoms with Crippen LogP contribution in [-0.2, 0) is 4.79 Å². The predicted molar refractivity (Wildman–Crippen MR) is 63.5 cm³/mol. The summed E-state index contributed by atoms with van der Waals surface area (Å²) in [5.74, 6) is 0.233. The molecule has 0 aromatic heterocycles. The van der Waals surface area contributed by atoms with Crippen LogP contribution >= 0.6 is 0 Å². The lowest BCUT2D eigenvalue weighted by Crippen LogP contribution is -2.16. The molecule has 1 rings (SSSR count). The van der Waals surface area contributed by atoms with Gasteiger partial charge in [0.1, 0.15) is 0 Å². The zero-order chi connectivity index (χ0) is 13.0. The number of carbonyl (C=O) groups is 1. The maximum Gasteiger partial charge on any atom is 0.305 e. The van der Waals surface area contributed by atoms with Crippen molar-refractivity contribution in [2.75, 3.05) is 14.2 Å². The summed E-state index contributed by atoms with van der Waals surface area (Å²) in [4.78, 5) is 10.6. The SMILES string of the molecule is COc1cc(C)c(C(N)CC(=O)O)cc1OC. The summed E-state index contributed by atoms with van der Waals surface area (Å²) in [5, 5.41) is 8.73. The second kappa shape index (κ2) is 5.54. The number of rotatable bonds is 5. The Balaban J connectivity index is 3.11. The van der Waals surface area contributed by atoms with Crippen molar-refractivity contribution in [3.05, 3.63) is 23.3 Å². The first-order chi connectivity index (χ1) is 7.99. The first kappa shape index (κ1) is 13.3. The number of methoxy groups -OCH3 is 2. The van der Waals surface area contributed by atoms with Crippen molar-refractivity contribution in [1.82, 2.24) is 0 Å². The Bertz CT molecular complexity index is 417. The van der Waals surface area contributed by atoms with Gasteiger partial charge < -0.3 is 20.3 Å². The average molecular weight is 239 g/mol. The van der Waals surface area contributed by atoms with Crippen molar-refractivity contribution < 1.29 is 19.4 Å². The molecular formula is C12H17NO4. The second-order valence-electron chi connectivity index (χ2n) is 3.77. The van der Waals surface area contributed by atoms with Gasteiger partial charge in [-0.15, -0.1) is 0 Å². The van der Waals surface area contributed by atoms with Gasteiger partial charge in [-0.05, 0) is 30.2 Å². The standard InChI is InChI=1S/C12H17NO4/c1-7-4-10(16-2)11(17-3)5-8(7)9(13)6-12(14)15/h4-5,9H,6,13H2,1-3H3,(H,14,15). The van der Waals surface area contributed by atoms with E-state index in [0.717, 1.165) is 11.1 Å². The normalized spacial score (nSPS) is 12.0. The minimum absolute atomic E-state index is 0.115. The topological polar surface area (TPSA) is 81.8 Å². The Morgan fingerprint density at radius 3 is 2.35 bits per heavy atom. The van der Waals surface area contributed by atoms with Crippen molar-refractivity contribution in [3.63, 3.8) is 0 Å². The van der Waals surface area contributed by atoms with E-state index in [0.29, 0.717) is 11.5 Å². The Kier molecular flexibility index (Phi) is 4.34. The molecule has 1 aromatic rings. The Labute approximate surface area is 100 Å². The van der Waals surface area contributed by atoms with Crippen LogP contribution in [0, 0.1) is 6.92 Å². The van der Waals surface area contributed by atoms with Crippen molar-refractivity contribution in [2.24, 2.45) is 5.73 Å². The molecule has 0 radical (unpaired) electrons. The number of aliphatic carboxylic acids is 1. The number of hydrogen-bond acceptors (Lipinski definition) is 4. The molecule has 0 bridgehead atoms. The maximum absolute atomic E-state index is 10.6. The van der Waals surface area contributed by atoms with Gasteiger partial charge in [-0.25, -0.2) is 0 Å². The molecule has 5 nitrogen and oxygen atoms in total. The highest BCUT2D eigenvalue weighted by Gasteiger charge is 2.16. The lowest BCUT2D eigenvalue weighted by atomic mass is 9.98. The molecule has 1 aromatic carbocycles. The Morgan fingerprint density at radius 2 is 1.88 bits per heavy atom. The molecule has 5 heteroatoms. The van der Waals surface area contributed by atoms with Gasteiger partial charge in [0.05, 0.1) is 20.6 Å². The van der Waals surface area contributed by atoms with Crippen LogP contribution in [0.3, 0.4) is 0 Å². The summed E-state index contributed by atoms with van der Waals surface area (Å²) in [6.45, 7) is 1.86. The number of benzene rings is 1. The van der Waals surface area contributed by atoms with Crippen LogP contribution in [0.15, 0.2) is 12.1 Å². The van der Waals surface area contributed by atoms with E-state index in [-0.39, 0.29) is 6.42 Å². The average Bonchev–Trinajstić information content (AvgIpc) is 2.27. The lowest BCUT2D eigenvalue weighted by molar-refractivity contribution is -0.137. The van der Waals surface area contributed by atoms with Gasteiger partial charge in [0, 0.05) is 6.04 Å². The van der Waals surface area contributed by atoms with E-state index >= 15 is 0 Å². The van der Waals surface area contributed by atoms with Crippen molar-refractivity contribution in [3.8, 4) is 11.5 Å². The molecule has 17 heavy (non-hydrogen) atoms. The Morgan fingerprint density at radius 1 is 1.35 bits per heavy atom. The fourth-order valence-corrected chi connectivity index (χ4v) is 1.69. The summed E-state index contributed by atoms with van der Waals surface area (Å²) in [6, 6.07) is 2.96. The largest absolute Gasteiger partial charge is 0.493 e. The fourth-order valence-electron chi connectivity index (χ4n) is 1.69. The monoisotopic (exact) mass is 239 g/mol. The van der Waals surface area contributed by atoms with E-state index in [1.807, 2.05) is 6.92 Å². The molecule has 1 atom stereocenters. The van der Waals surface area contributed by atoms with Crippen LogP contribution in [0.4, 0.5) is 0 Å². The van der Waals surface area contributed by atoms with Crippen LogP contribution in [0.1, 0.15) is 23.6 Å². The second-order valence-corrected chi connectivity index (χ2v) is 3.77. The third kappa shape index (κ3) is 3.10. The van der Waals surface area contributed by atoms with Gasteiger partial charge in [-0.1, -0.05) is 0 Å². The summed E-state index contributed by atoms with van der Waals surface area (Å²) < 4.78 is 10.3. The van der Waals surface area contributed by atoms with Crippen LogP contribution < -0.4 is 15.2 Å². The molecule has 0 heterocycles. The molecule has 0 amide bonds. The molecule has 0 fully saturated rings. The number of ether oxygens (including phenoxy) is 2. The molecule has 3 N–H and O–H groups in total. The van der Waals surface area contributed by atoms with E-state index in [9.17, 15) is 4.79 Å². The quantitative estimate of drug-likeness (QED) is 0.813. The number of carboxylic acids is 1. The first-order valence-electron chi connectivity index (χ1n) is 5.19. The molecule has 0 aliphatic heterocycles. The number of carboxylic acid groups (broad SMARTS) is 1. The number of nitrogens with two attached hydrogens (primary N) is 1. The van der Waals surface area contributed by atoms with Crippen LogP contribution in [0.5, 0.6) is 11.5 Å². The summed E-state index contributed by atoms with van der Waals surface area (Å²) in [5.41, 5.74) is 7.47. The van der Waals surface area contributed by atoms with Gasteiger partial charge in [-0.2, -0.15) is 0 Å². The summed E-state index contributed by atoms with van der Waals surface area (Å²) in [6.07, 6.45) is -0.115. The molecular weight excluding hydrogens is 222 g/mol. The third-order valence-electron chi connectivity index (χ3n) is 2.57. The van der Waals surface area contributed by atoms with Crippen LogP contribution in [0.2, 0.25) is 0 Å². The van der Waals surface area contributed by atoms with Crippen molar-refractivity contribution in [1.29, 1.82) is 0 Å². The van der Waals surface area contributed by atoms with E-state index < -0.39 is 12.0 Å². The highest BCUT2D eigenvalue weighted by Crippen LogP contribution is 2.33.